The Hall–Kier alpha value is 0.440. The van der Waals surface area contributed by atoms with Gasteiger partial charge in [0, 0.05) is 4.83 Å². The predicted octanol–water partition coefficient (Wildman–Crippen LogP) is 2.89. The van der Waals surface area contributed by atoms with Gasteiger partial charge in [-0.3, -0.25) is 0 Å². The van der Waals surface area contributed by atoms with Crippen LogP contribution in [0, 0.1) is 0 Å². The van der Waals surface area contributed by atoms with E-state index < -0.39 is 0 Å². The fourth-order valence-electron chi connectivity index (χ4n) is 1.14. The van der Waals surface area contributed by atoms with Gasteiger partial charge in [0.1, 0.15) is 0 Å². The van der Waals surface area contributed by atoms with Crippen LogP contribution in [-0.4, -0.2) is 29.4 Å². The van der Waals surface area contributed by atoms with Crippen LogP contribution in [-0.2, 0) is 0 Å². The zero-order valence-electron chi connectivity index (χ0n) is 7.94. The fraction of sp³-hybridized carbons (Fsp3) is 1.00. The molecular weight excluding hydrogens is 202 g/mol. The lowest BCUT2D eigenvalue weighted by Crippen LogP contribution is -2.24. The minimum absolute atomic E-state index is 0.679. The standard InChI is InChI=1S/C9H20BrN/c1-4-11(5-2)8-6-7-9(3)10/h9H,4-8H2,1-3H3/t9-/m0/s1. The van der Waals surface area contributed by atoms with E-state index in [1.807, 2.05) is 0 Å². The van der Waals surface area contributed by atoms with E-state index in [1.165, 1.54) is 32.5 Å². The molecule has 0 bridgehead atoms. The van der Waals surface area contributed by atoms with Gasteiger partial charge in [-0.05, 0) is 32.5 Å². The highest BCUT2D eigenvalue weighted by Crippen LogP contribution is 2.06. The van der Waals surface area contributed by atoms with Crippen LogP contribution in [0.4, 0.5) is 0 Å². The molecule has 1 atom stereocenters. The zero-order chi connectivity index (χ0) is 8.69. The van der Waals surface area contributed by atoms with Crippen LogP contribution < -0.4 is 0 Å². The fourth-order valence-corrected chi connectivity index (χ4v) is 1.46. The van der Waals surface area contributed by atoms with Crippen molar-refractivity contribution in [3.05, 3.63) is 0 Å². The van der Waals surface area contributed by atoms with Crippen molar-refractivity contribution >= 4 is 15.9 Å². The van der Waals surface area contributed by atoms with Gasteiger partial charge in [0.15, 0.2) is 0 Å². The molecule has 0 fully saturated rings. The summed E-state index contributed by atoms with van der Waals surface area (Å²) in [5.74, 6) is 0. The Morgan fingerprint density at radius 3 is 2.18 bits per heavy atom. The third kappa shape index (κ3) is 6.82. The van der Waals surface area contributed by atoms with E-state index in [-0.39, 0.29) is 0 Å². The Kier molecular flexibility index (Phi) is 7.39. The maximum Gasteiger partial charge on any atom is 0.0118 e. The van der Waals surface area contributed by atoms with Gasteiger partial charge in [0.2, 0.25) is 0 Å². The summed E-state index contributed by atoms with van der Waals surface area (Å²) in [7, 11) is 0. The summed E-state index contributed by atoms with van der Waals surface area (Å²) in [6.07, 6.45) is 2.60. The largest absolute Gasteiger partial charge is 0.304 e. The second kappa shape index (κ2) is 7.11. The molecule has 0 aliphatic carbocycles. The van der Waals surface area contributed by atoms with Crippen LogP contribution in [0.15, 0.2) is 0 Å². The van der Waals surface area contributed by atoms with Crippen LogP contribution in [0.3, 0.4) is 0 Å². The van der Waals surface area contributed by atoms with Gasteiger partial charge >= 0.3 is 0 Å². The van der Waals surface area contributed by atoms with Crippen molar-refractivity contribution in [2.75, 3.05) is 19.6 Å². The Bertz CT molecular complexity index is 79.6. The molecule has 2 heteroatoms. The molecule has 0 radical (unpaired) electrons. The molecule has 0 aliphatic heterocycles. The first kappa shape index (κ1) is 11.4. The monoisotopic (exact) mass is 221 g/mol. The van der Waals surface area contributed by atoms with Gasteiger partial charge in [-0.25, -0.2) is 0 Å². The van der Waals surface area contributed by atoms with Crippen LogP contribution in [0.1, 0.15) is 33.6 Å². The number of nitrogens with zero attached hydrogens (tertiary/aromatic N) is 1. The summed E-state index contributed by atoms with van der Waals surface area (Å²) in [6.45, 7) is 10.3. The van der Waals surface area contributed by atoms with E-state index in [0.29, 0.717) is 4.83 Å². The molecular formula is C9H20BrN. The van der Waals surface area contributed by atoms with Crippen LogP contribution in [0.5, 0.6) is 0 Å². The SMILES string of the molecule is CCN(CC)CCC[C@H](C)Br. The van der Waals surface area contributed by atoms with Crippen molar-refractivity contribution in [1.29, 1.82) is 0 Å². The highest BCUT2D eigenvalue weighted by Gasteiger charge is 1.99. The van der Waals surface area contributed by atoms with Crippen molar-refractivity contribution in [2.45, 2.75) is 38.4 Å². The van der Waals surface area contributed by atoms with Crippen molar-refractivity contribution < 1.29 is 0 Å². The molecule has 1 nitrogen and oxygen atoms in total. The summed E-state index contributed by atoms with van der Waals surface area (Å²) in [4.78, 5) is 3.15. The molecule has 0 amide bonds. The molecule has 0 rings (SSSR count). The van der Waals surface area contributed by atoms with Gasteiger partial charge in [-0.1, -0.05) is 36.7 Å². The quantitative estimate of drug-likeness (QED) is 0.624. The Labute approximate surface area is 79.3 Å². The van der Waals surface area contributed by atoms with Crippen LogP contribution in [0.2, 0.25) is 0 Å². The van der Waals surface area contributed by atoms with E-state index in [0.717, 1.165) is 0 Å². The summed E-state index contributed by atoms with van der Waals surface area (Å²) in [5.41, 5.74) is 0. The van der Waals surface area contributed by atoms with Crippen LogP contribution in [0.25, 0.3) is 0 Å². The molecule has 0 aromatic carbocycles. The summed E-state index contributed by atoms with van der Waals surface area (Å²) >= 11 is 3.55. The van der Waals surface area contributed by atoms with Gasteiger partial charge < -0.3 is 4.90 Å². The average Bonchev–Trinajstić information content (AvgIpc) is 1.98. The Balaban J connectivity index is 3.21. The highest BCUT2D eigenvalue weighted by atomic mass is 79.9. The summed E-state index contributed by atoms with van der Waals surface area (Å²) in [6, 6.07) is 0. The first-order chi connectivity index (χ1) is 5.20. The van der Waals surface area contributed by atoms with Crippen LogP contribution >= 0.6 is 15.9 Å². The second-order valence-electron chi connectivity index (χ2n) is 2.95. The van der Waals surface area contributed by atoms with E-state index in [9.17, 15) is 0 Å². The molecule has 0 aliphatic rings. The number of rotatable bonds is 6. The molecule has 68 valence electrons. The highest BCUT2D eigenvalue weighted by molar-refractivity contribution is 9.09. The molecule has 0 saturated carbocycles. The predicted molar refractivity (Wildman–Crippen MR) is 55.4 cm³/mol. The number of hydrogen-bond acceptors (Lipinski definition) is 1. The zero-order valence-corrected chi connectivity index (χ0v) is 9.52. The van der Waals surface area contributed by atoms with Crippen molar-refractivity contribution in [3.8, 4) is 0 Å². The normalized spacial score (nSPS) is 13.9. The number of halogens is 1. The lowest BCUT2D eigenvalue weighted by atomic mass is 10.2. The Morgan fingerprint density at radius 1 is 1.27 bits per heavy atom. The maximum atomic E-state index is 3.55. The van der Waals surface area contributed by atoms with E-state index >= 15 is 0 Å². The number of alkyl halides is 1. The first-order valence-electron chi connectivity index (χ1n) is 4.57. The van der Waals surface area contributed by atoms with Crippen molar-refractivity contribution in [1.82, 2.24) is 4.90 Å². The minimum atomic E-state index is 0.679. The lowest BCUT2D eigenvalue weighted by Gasteiger charge is -2.17. The summed E-state index contributed by atoms with van der Waals surface area (Å²) in [5, 5.41) is 0. The molecule has 0 aromatic rings. The van der Waals surface area contributed by atoms with E-state index in [1.54, 1.807) is 0 Å². The molecule has 11 heavy (non-hydrogen) atoms. The third-order valence-corrected chi connectivity index (χ3v) is 2.43. The van der Waals surface area contributed by atoms with Gasteiger partial charge in [-0.15, -0.1) is 0 Å². The van der Waals surface area contributed by atoms with Gasteiger partial charge in [0.05, 0.1) is 0 Å². The smallest absolute Gasteiger partial charge is 0.0118 e. The molecule has 0 spiro atoms. The third-order valence-electron chi connectivity index (χ3n) is 1.97. The Morgan fingerprint density at radius 2 is 1.82 bits per heavy atom. The van der Waals surface area contributed by atoms with E-state index in [2.05, 4.69) is 41.6 Å². The first-order valence-corrected chi connectivity index (χ1v) is 5.48. The lowest BCUT2D eigenvalue weighted by molar-refractivity contribution is 0.297. The maximum absolute atomic E-state index is 3.55. The average molecular weight is 222 g/mol. The van der Waals surface area contributed by atoms with Crippen molar-refractivity contribution in [3.63, 3.8) is 0 Å². The molecule has 0 saturated heterocycles. The molecule has 0 heterocycles. The topological polar surface area (TPSA) is 3.24 Å². The van der Waals surface area contributed by atoms with Gasteiger partial charge in [0.25, 0.3) is 0 Å². The van der Waals surface area contributed by atoms with Gasteiger partial charge in [-0.2, -0.15) is 0 Å². The summed E-state index contributed by atoms with van der Waals surface area (Å²) < 4.78 is 0. The second-order valence-corrected chi connectivity index (χ2v) is 4.51. The molecule has 0 unspecified atom stereocenters. The van der Waals surface area contributed by atoms with Crippen molar-refractivity contribution in [2.24, 2.45) is 0 Å². The minimum Gasteiger partial charge on any atom is -0.304 e. The van der Waals surface area contributed by atoms with E-state index in [4.69, 9.17) is 0 Å². The molecule has 0 N–H and O–H groups in total. The molecule has 0 aromatic heterocycles. The number of hydrogen-bond donors (Lipinski definition) is 0.